The first-order valence-corrected chi connectivity index (χ1v) is 12.4. The van der Waals surface area contributed by atoms with Gasteiger partial charge in [0.1, 0.15) is 29.1 Å². The Morgan fingerprint density at radius 2 is 1.90 bits per heavy atom. The SMILES string of the molecule is C=C[C@H]1[C@H](O[C@@H]2O[C@H](CO)[C@@H](OC(=O)C=Cc3ccc(O)cc3)[C@H](O)[C@H]2OC(C)=O)OC=C2C(=O)OCC[C@]21O. The van der Waals surface area contributed by atoms with Gasteiger partial charge in [0.2, 0.25) is 12.6 Å². The van der Waals surface area contributed by atoms with Gasteiger partial charge in [0.25, 0.3) is 0 Å². The number of esters is 3. The molecule has 13 heteroatoms. The van der Waals surface area contributed by atoms with Gasteiger partial charge in [-0.05, 0) is 23.8 Å². The van der Waals surface area contributed by atoms with Crippen LogP contribution in [0.1, 0.15) is 18.9 Å². The van der Waals surface area contributed by atoms with Gasteiger partial charge in [-0.3, -0.25) is 4.79 Å². The summed E-state index contributed by atoms with van der Waals surface area (Å²) in [6.07, 6.45) is -4.10. The second-order valence-electron chi connectivity index (χ2n) is 9.36. The summed E-state index contributed by atoms with van der Waals surface area (Å²) in [5, 5.41) is 41.7. The lowest BCUT2D eigenvalue weighted by Gasteiger charge is -2.47. The van der Waals surface area contributed by atoms with E-state index in [1.807, 2.05) is 0 Å². The van der Waals surface area contributed by atoms with Crippen LogP contribution in [0.3, 0.4) is 0 Å². The molecular formula is C27H30O13. The molecule has 0 bridgehead atoms. The van der Waals surface area contributed by atoms with Crippen molar-refractivity contribution in [2.24, 2.45) is 5.92 Å². The molecule has 40 heavy (non-hydrogen) atoms. The molecule has 8 atom stereocenters. The Hall–Kier alpha value is -3.75. The van der Waals surface area contributed by atoms with E-state index in [1.54, 1.807) is 12.1 Å². The number of cyclic esters (lactones) is 1. The molecule has 0 amide bonds. The smallest absolute Gasteiger partial charge is 0.340 e. The molecular weight excluding hydrogens is 532 g/mol. The zero-order chi connectivity index (χ0) is 29.0. The topological polar surface area (TPSA) is 188 Å². The number of hydrogen-bond donors (Lipinski definition) is 4. The third-order valence-corrected chi connectivity index (χ3v) is 6.75. The van der Waals surface area contributed by atoms with Crippen LogP contribution in [0.25, 0.3) is 6.08 Å². The van der Waals surface area contributed by atoms with Crippen LogP contribution >= 0.6 is 0 Å². The number of carbonyl (C=O) groups is 3. The molecule has 1 aromatic carbocycles. The van der Waals surface area contributed by atoms with Gasteiger partial charge in [0.05, 0.1) is 25.4 Å². The second kappa shape index (κ2) is 12.2. The lowest BCUT2D eigenvalue weighted by Crippen LogP contribution is -2.63. The van der Waals surface area contributed by atoms with Crippen molar-refractivity contribution in [2.75, 3.05) is 13.2 Å². The standard InChI is InChI=1S/C27H30O13/c1-3-17-25(36-13-18-24(33)35-11-10-27(17,18)34)40-26-23(37-14(2)29)21(32)22(19(12-28)38-26)39-20(31)9-6-15-4-7-16(30)8-5-15/h3-9,13,17,19,21-23,25-26,28,30,32,34H,1,10-12H2,2H3/t17-,19+,21-,22+,23+,25-,26-,27+/m0/s1. The number of phenolic OH excluding ortho intramolecular Hbond substituents is 1. The number of aromatic hydroxyl groups is 1. The third kappa shape index (κ3) is 6.03. The van der Waals surface area contributed by atoms with Gasteiger partial charge in [0.15, 0.2) is 12.2 Å². The van der Waals surface area contributed by atoms with Crippen molar-refractivity contribution in [2.45, 2.75) is 55.9 Å². The minimum absolute atomic E-state index is 0.0287. The molecule has 0 saturated carbocycles. The van der Waals surface area contributed by atoms with Crippen LogP contribution in [-0.4, -0.2) is 94.1 Å². The van der Waals surface area contributed by atoms with Crippen molar-refractivity contribution in [3.8, 4) is 5.75 Å². The zero-order valence-electron chi connectivity index (χ0n) is 21.5. The number of hydrogen-bond acceptors (Lipinski definition) is 13. The molecule has 0 radical (unpaired) electrons. The van der Waals surface area contributed by atoms with Crippen LogP contribution in [0.2, 0.25) is 0 Å². The first kappa shape index (κ1) is 29.2. The quantitative estimate of drug-likeness (QED) is 0.144. The van der Waals surface area contributed by atoms with Gasteiger partial charge >= 0.3 is 17.9 Å². The Labute approximate surface area is 228 Å². The summed E-state index contributed by atoms with van der Waals surface area (Å²) in [6, 6.07) is 5.97. The van der Waals surface area contributed by atoms with Crippen LogP contribution in [0.5, 0.6) is 5.75 Å². The highest BCUT2D eigenvalue weighted by Gasteiger charge is 2.55. The fraction of sp³-hybridized carbons (Fsp3) is 0.444. The third-order valence-electron chi connectivity index (χ3n) is 6.75. The summed E-state index contributed by atoms with van der Waals surface area (Å²) in [7, 11) is 0. The number of benzene rings is 1. The Morgan fingerprint density at radius 1 is 1.18 bits per heavy atom. The van der Waals surface area contributed by atoms with Gasteiger partial charge < -0.3 is 48.8 Å². The maximum Gasteiger partial charge on any atom is 0.340 e. The largest absolute Gasteiger partial charge is 0.508 e. The zero-order valence-corrected chi connectivity index (χ0v) is 21.5. The number of ether oxygens (including phenoxy) is 6. The number of aliphatic hydroxyl groups is 3. The average Bonchev–Trinajstić information content (AvgIpc) is 2.91. The molecule has 3 heterocycles. The highest BCUT2D eigenvalue weighted by Crippen LogP contribution is 2.42. The van der Waals surface area contributed by atoms with E-state index in [0.29, 0.717) is 5.56 Å². The molecule has 2 fully saturated rings. The normalized spacial score (nSPS) is 33.6. The molecule has 2 saturated heterocycles. The molecule has 1 aromatic rings. The van der Waals surface area contributed by atoms with Crippen molar-refractivity contribution >= 4 is 24.0 Å². The van der Waals surface area contributed by atoms with Gasteiger partial charge in [-0.25, -0.2) is 9.59 Å². The summed E-state index contributed by atoms with van der Waals surface area (Å²) in [4.78, 5) is 36.5. The van der Waals surface area contributed by atoms with E-state index in [4.69, 9.17) is 28.4 Å². The van der Waals surface area contributed by atoms with Crippen molar-refractivity contribution in [1.29, 1.82) is 0 Å². The van der Waals surface area contributed by atoms with Crippen molar-refractivity contribution in [3.63, 3.8) is 0 Å². The number of phenols is 1. The van der Waals surface area contributed by atoms with E-state index in [1.165, 1.54) is 24.3 Å². The van der Waals surface area contributed by atoms with Crippen molar-refractivity contribution in [3.05, 3.63) is 60.4 Å². The van der Waals surface area contributed by atoms with Crippen LogP contribution in [0.4, 0.5) is 0 Å². The predicted octanol–water partition coefficient (Wildman–Crippen LogP) is 0.0640. The molecule has 4 rings (SSSR count). The molecule has 3 aliphatic heterocycles. The number of aliphatic hydroxyl groups excluding tert-OH is 2. The van der Waals surface area contributed by atoms with Gasteiger partial charge in [0, 0.05) is 19.4 Å². The molecule has 216 valence electrons. The van der Waals surface area contributed by atoms with E-state index in [2.05, 4.69) is 6.58 Å². The van der Waals surface area contributed by atoms with E-state index in [-0.39, 0.29) is 24.4 Å². The fourth-order valence-corrected chi connectivity index (χ4v) is 4.72. The maximum absolute atomic E-state index is 12.5. The number of carbonyl (C=O) groups excluding carboxylic acids is 3. The van der Waals surface area contributed by atoms with Crippen LogP contribution in [-0.2, 0) is 42.8 Å². The first-order valence-electron chi connectivity index (χ1n) is 12.4. The minimum atomic E-state index is -1.73. The van der Waals surface area contributed by atoms with Gasteiger partial charge in [-0.15, -0.1) is 6.58 Å². The summed E-state index contributed by atoms with van der Waals surface area (Å²) in [5.74, 6) is -3.43. The van der Waals surface area contributed by atoms with E-state index in [0.717, 1.165) is 19.3 Å². The lowest BCUT2D eigenvalue weighted by molar-refractivity contribution is -0.345. The number of fused-ring (bicyclic) bond motifs is 1. The Morgan fingerprint density at radius 3 is 2.55 bits per heavy atom. The Balaban J connectivity index is 1.52. The molecule has 0 aromatic heterocycles. The molecule has 13 nitrogen and oxygen atoms in total. The monoisotopic (exact) mass is 562 g/mol. The average molecular weight is 563 g/mol. The van der Waals surface area contributed by atoms with Crippen molar-refractivity contribution < 1.29 is 63.2 Å². The lowest BCUT2D eigenvalue weighted by atomic mass is 9.76. The molecule has 0 aliphatic carbocycles. The van der Waals surface area contributed by atoms with Crippen LogP contribution < -0.4 is 0 Å². The van der Waals surface area contributed by atoms with E-state index < -0.39 is 73.0 Å². The molecule has 4 N–H and O–H groups in total. The highest BCUT2D eigenvalue weighted by molar-refractivity contribution is 5.91. The minimum Gasteiger partial charge on any atom is -0.508 e. The Bertz CT molecular complexity index is 1180. The fourth-order valence-electron chi connectivity index (χ4n) is 4.72. The van der Waals surface area contributed by atoms with Crippen LogP contribution in [0, 0.1) is 5.92 Å². The van der Waals surface area contributed by atoms with E-state index in [9.17, 15) is 34.8 Å². The first-order chi connectivity index (χ1) is 19.1. The molecule has 0 unspecified atom stereocenters. The summed E-state index contributed by atoms with van der Waals surface area (Å²) in [6.45, 7) is 4.00. The highest BCUT2D eigenvalue weighted by atomic mass is 16.8. The Kier molecular flexibility index (Phi) is 8.91. The van der Waals surface area contributed by atoms with Crippen LogP contribution in [0.15, 0.2) is 54.8 Å². The molecule has 3 aliphatic rings. The second-order valence-corrected chi connectivity index (χ2v) is 9.36. The predicted molar refractivity (Wildman–Crippen MR) is 133 cm³/mol. The summed E-state index contributed by atoms with van der Waals surface area (Å²) < 4.78 is 32.7. The van der Waals surface area contributed by atoms with Crippen molar-refractivity contribution in [1.82, 2.24) is 0 Å². The van der Waals surface area contributed by atoms with Gasteiger partial charge in [-0.2, -0.15) is 0 Å². The van der Waals surface area contributed by atoms with E-state index >= 15 is 0 Å². The van der Waals surface area contributed by atoms with Gasteiger partial charge in [-0.1, -0.05) is 18.2 Å². The summed E-state index contributed by atoms with van der Waals surface area (Å²) >= 11 is 0. The molecule has 0 spiro atoms. The maximum atomic E-state index is 12.5. The summed E-state index contributed by atoms with van der Waals surface area (Å²) in [5.41, 5.74) is -1.28. The number of rotatable bonds is 8.